The number of fused-ring (bicyclic) bond motifs is 5. The highest BCUT2D eigenvalue weighted by atomic mass is 32.1. The number of ether oxygens (including phenoxy) is 2. The van der Waals surface area contributed by atoms with Crippen LogP contribution in [0.4, 0.5) is 0 Å². The first kappa shape index (κ1) is 38.0. The van der Waals surface area contributed by atoms with Gasteiger partial charge in [0.2, 0.25) is 15.7 Å². The second-order valence-electron chi connectivity index (χ2n) is 16.8. The number of hydrogen-bond donors (Lipinski definition) is 0. The van der Waals surface area contributed by atoms with E-state index < -0.39 is 16.6 Å². The lowest BCUT2D eigenvalue weighted by Crippen LogP contribution is -2.55. The van der Waals surface area contributed by atoms with Crippen molar-refractivity contribution in [1.29, 1.82) is 0 Å². The first-order chi connectivity index (χ1) is 28.0. The summed E-state index contributed by atoms with van der Waals surface area (Å²) in [7, 11) is 6.19. The van der Waals surface area contributed by atoms with E-state index in [4.69, 9.17) is 19.4 Å². The fourth-order valence-electron chi connectivity index (χ4n) is 9.22. The molecule has 294 valence electrons. The van der Waals surface area contributed by atoms with E-state index in [9.17, 15) is 14.4 Å². The maximum Gasteiger partial charge on any atom is 0.512 e. The molecule has 3 saturated heterocycles. The van der Waals surface area contributed by atoms with Gasteiger partial charge in [0.05, 0.1) is 44.9 Å². The Bertz CT molecular complexity index is 2530. The highest BCUT2D eigenvalue weighted by Crippen LogP contribution is 2.48. The number of esters is 1. The van der Waals surface area contributed by atoms with Crippen LogP contribution in [0.3, 0.4) is 0 Å². The summed E-state index contributed by atoms with van der Waals surface area (Å²) in [6, 6.07) is 10.8. The molecule has 13 nitrogen and oxygen atoms in total. The van der Waals surface area contributed by atoms with E-state index >= 15 is 0 Å². The third kappa shape index (κ3) is 6.10. The van der Waals surface area contributed by atoms with Gasteiger partial charge >= 0.3 is 27.8 Å². The number of aryl methyl sites for hydroxylation is 1. The largest absolute Gasteiger partial charge is 0.512 e. The number of carbonyl (C=O) groups excluding carboxylic acids is 3. The molecule has 9 heterocycles. The summed E-state index contributed by atoms with van der Waals surface area (Å²) in [5, 5.41) is 4.34. The van der Waals surface area contributed by atoms with Gasteiger partial charge in [-0.25, -0.2) is 23.7 Å². The Morgan fingerprint density at radius 3 is 2.79 bits per heavy atom. The molecule has 0 aliphatic carbocycles. The van der Waals surface area contributed by atoms with Crippen LogP contribution in [0.2, 0.25) is 6.04 Å². The Hall–Kier alpha value is -4.27. The Morgan fingerprint density at radius 2 is 2.02 bits per heavy atom. The number of carbonyl (C=O) groups is 3. The number of amides is 2. The van der Waals surface area contributed by atoms with Crippen molar-refractivity contribution in [2.45, 2.75) is 88.4 Å². The van der Waals surface area contributed by atoms with Crippen molar-refractivity contribution < 1.29 is 28.1 Å². The van der Waals surface area contributed by atoms with Crippen LogP contribution in [0, 0.1) is 11.3 Å². The number of cyclic esters (lactones) is 1. The Kier molecular flexibility index (Phi) is 9.10. The maximum absolute atomic E-state index is 14.7. The molecular formula is C41H43N8O5SSi3+. The summed E-state index contributed by atoms with van der Waals surface area (Å²) in [4.78, 5) is 57.5. The highest BCUT2D eigenvalue weighted by molar-refractivity contribution is 7.10. The number of methoxy groups -OCH3 is 1. The van der Waals surface area contributed by atoms with Crippen LogP contribution in [-0.2, 0) is 61.4 Å². The van der Waals surface area contributed by atoms with Crippen molar-refractivity contribution >= 4 is 69.3 Å². The Labute approximate surface area is 348 Å². The lowest BCUT2D eigenvalue weighted by atomic mass is 9.84. The van der Waals surface area contributed by atoms with Gasteiger partial charge in [-0.3, -0.25) is 19.6 Å². The standard InChI is InChI=1S/C41H43N8O5SSi3/c1-5-46-30-10-9-24-16-27(30)28(34(46)26-8-6-12-43-35(26)41(53-4)23-57-41)19-39(2,3)22-54-38(52)40-11-7-14-47(49(40)58-40)37(51)31(18-33-44-29(24)21-55-33)48(56)36(50)25-17-32-42-13-15-45(32)20-25/h6,8-10,12-13,15-16,21,25,31H,5,7,11,14,17-20,22-23H2,1-4H3/q+1/t25?,31-,40-,41+,49?/m0/s1. The van der Waals surface area contributed by atoms with E-state index in [1.807, 2.05) is 33.1 Å². The predicted molar refractivity (Wildman–Crippen MR) is 219 cm³/mol. The van der Waals surface area contributed by atoms with Crippen LogP contribution in [0.5, 0.6) is 0 Å². The van der Waals surface area contributed by atoms with E-state index in [2.05, 4.69) is 64.6 Å². The fourth-order valence-corrected chi connectivity index (χ4v) is 12.8. The summed E-state index contributed by atoms with van der Waals surface area (Å²) in [6.07, 6.45) is 8.11. The topological polar surface area (TPSA) is 127 Å². The zero-order valence-electron chi connectivity index (χ0n) is 32.9. The molecule has 4 aromatic heterocycles. The van der Waals surface area contributed by atoms with Gasteiger partial charge in [-0.1, -0.05) is 19.9 Å². The molecule has 17 heteroatoms. The summed E-state index contributed by atoms with van der Waals surface area (Å²) >= 11 is 1.49. The Balaban J connectivity index is 1.08. The van der Waals surface area contributed by atoms with Crippen LogP contribution in [0.15, 0.2) is 54.3 Å². The number of benzene rings is 1. The number of nitrogens with zero attached hydrogens (tertiary/aromatic N) is 8. The van der Waals surface area contributed by atoms with Crippen LogP contribution >= 0.6 is 11.3 Å². The quantitative estimate of drug-likeness (QED) is 0.142. The summed E-state index contributed by atoms with van der Waals surface area (Å²) in [6.45, 7) is 8.40. The molecule has 1 aromatic carbocycles. The third-order valence-electron chi connectivity index (χ3n) is 12.4. The molecule has 0 spiro atoms. The normalized spacial score (nSPS) is 27.4. The number of thiazole rings is 1. The molecule has 6 bridgehead atoms. The van der Waals surface area contributed by atoms with E-state index in [1.54, 1.807) is 18.3 Å². The second kappa shape index (κ2) is 13.9. The van der Waals surface area contributed by atoms with Crippen LogP contribution in [-0.4, -0.2) is 116 Å². The highest BCUT2D eigenvalue weighted by Gasteiger charge is 2.67. The third-order valence-corrected chi connectivity index (χ3v) is 16.9. The van der Waals surface area contributed by atoms with Crippen LogP contribution in [0.1, 0.15) is 55.7 Å². The van der Waals surface area contributed by atoms with Gasteiger partial charge in [0, 0.05) is 84.6 Å². The average Bonchev–Trinajstić information content (AvgIpc) is 3.93. The number of hydrazine groups is 1. The van der Waals surface area contributed by atoms with E-state index in [0.29, 0.717) is 48.3 Å². The number of rotatable bonds is 6. The Morgan fingerprint density at radius 1 is 1.17 bits per heavy atom. The van der Waals surface area contributed by atoms with Gasteiger partial charge in [0.25, 0.3) is 0 Å². The molecule has 5 aliphatic rings. The fraction of sp³-hybridized carbons (Fsp3) is 0.463. The lowest BCUT2D eigenvalue weighted by Gasteiger charge is -2.34. The van der Waals surface area contributed by atoms with Gasteiger partial charge in [0.1, 0.15) is 21.9 Å². The van der Waals surface area contributed by atoms with Gasteiger partial charge < -0.3 is 18.6 Å². The van der Waals surface area contributed by atoms with Crippen molar-refractivity contribution in [3.63, 3.8) is 0 Å². The molecule has 2 amide bonds. The zero-order chi connectivity index (χ0) is 40.1. The predicted octanol–water partition coefficient (Wildman–Crippen LogP) is 3.95. The molecule has 10 rings (SSSR count). The lowest BCUT2D eigenvalue weighted by molar-refractivity contribution is -0.465. The van der Waals surface area contributed by atoms with Crippen molar-refractivity contribution in [2.75, 3.05) is 20.3 Å². The van der Waals surface area contributed by atoms with Gasteiger partial charge in [0.15, 0.2) is 0 Å². The van der Waals surface area contributed by atoms with Crippen molar-refractivity contribution in [3.05, 3.63) is 76.4 Å². The van der Waals surface area contributed by atoms with E-state index in [1.165, 1.54) is 21.1 Å². The second-order valence-corrected chi connectivity index (χ2v) is 21.2. The first-order valence-electron chi connectivity index (χ1n) is 19.9. The maximum atomic E-state index is 14.7. The molecule has 5 atom stereocenters. The molecule has 2 unspecified atom stereocenters. The number of hydrogen-bond acceptors (Lipinski definition) is 10. The molecule has 0 saturated carbocycles. The van der Waals surface area contributed by atoms with Crippen LogP contribution < -0.4 is 0 Å². The minimum atomic E-state index is -0.891. The first-order valence-corrected chi connectivity index (χ1v) is 23.4. The van der Waals surface area contributed by atoms with Gasteiger partial charge in [-0.15, -0.1) is 11.3 Å². The molecule has 58 heavy (non-hydrogen) atoms. The molecule has 6 radical (unpaired) electrons. The van der Waals surface area contributed by atoms with Gasteiger partial charge in [-0.2, -0.15) is 0 Å². The molecular weight excluding hydrogens is 801 g/mol. The zero-order valence-corrected chi connectivity index (χ0v) is 36.8. The molecule has 5 aliphatic heterocycles. The minimum absolute atomic E-state index is 0.0832. The average molecular weight is 844 g/mol. The molecule has 5 aromatic rings. The summed E-state index contributed by atoms with van der Waals surface area (Å²) in [5.41, 5.74) is 6.76. The molecule has 3 fully saturated rings. The van der Waals surface area contributed by atoms with Crippen molar-refractivity contribution in [3.8, 4) is 22.5 Å². The van der Waals surface area contributed by atoms with Crippen molar-refractivity contribution in [2.24, 2.45) is 11.3 Å². The number of aromatic nitrogens is 5. The number of imidazole rings is 1. The van der Waals surface area contributed by atoms with Crippen LogP contribution in [0.25, 0.3) is 33.4 Å². The minimum Gasteiger partial charge on any atom is -0.464 e. The number of pyridine rings is 1. The summed E-state index contributed by atoms with van der Waals surface area (Å²) in [5.74, 6) is -0.214. The van der Waals surface area contributed by atoms with E-state index in [0.717, 1.165) is 62.5 Å². The monoisotopic (exact) mass is 843 g/mol. The van der Waals surface area contributed by atoms with Gasteiger partial charge in [-0.05, 0) is 62.1 Å². The SMILES string of the molecule is CCn1c(-c2cccnc2[C@@]2(OC)C[Si]2)c2c3cc(ccc31)-c1csc(n1)C[C@H]([N+](=[Si])C(=O)C1Cc3nccn3C1)C(=O)N1CCC[C@]3([Si]N13)C(=O)OCC(C)(C)C2. The smallest absolute Gasteiger partial charge is 0.464 e. The molecule has 0 N–H and O–H groups in total. The summed E-state index contributed by atoms with van der Waals surface area (Å²) < 4.78 is 20.1. The van der Waals surface area contributed by atoms with Crippen molar-refractivity contribution in [1.82, 2.24) is 33.8 Å². The van der Waals surface area contributed by atoms with E-state index in [-0.39, 0.29) is 51.6 Å².